The van der Waals surface area contributed by atoms with E-state index in [0.717, 1.165) is 44.6 Å². The van der Waals surface area contributed by atoms with Crippen LogP contribution in [-0.2, 0) is 4.74 Å². The van der Waals surface area contributed by atoms with Gasteiger partial charge in [0.2, 0.25) is 0 Å². The SMILES string of the molecule is CCC(CC)N(CCNCCCOC(C)C)CC(C)C. The van der Waals surface area contributed by atoms with Gasteiger partial charge in [0.1, 0.15) is 0 Å². The van der Waals surface area contributed by atoms with Gasteiger partial charge in [0, 0.05) is 32.3 Å². The van der Waals surface area contributed by atoms with E-state index in [0.29, 0.717) is 6.10 Å². The predicted molar refractivity (Wildman–Crippen MR) is 89.4 cm³/mol. The molecular formula is C17H38N2O. The lowest BCUT2D eigenvalue weighted by Crippen LogP contribution is -2.41. The van der Waals surface area contributed by atoms with Crippen molar-refractivity contribution in [3.05, 3.63) is 0 Å². The van der Waals surface area contributed by atoms with Gasteiger partial charge < -0.3 is 10.1 Å². The van der Waals surface area contributed by atoms with Crippen LogP contribution in [0.25, 0.3) is 0 Å². The van der Waals surface area contributed by atoms with Gasteiger partial charge in [-0.15, -0.1) is 0 Å². The number of hydrogen-bond acceptors (Lipinski definition) is 3. The van der Waals surface area contributed by atoms with E-state index in [4.69, 9.17) is 4.74 Å². The molecule has 0 aromatic heterocycles. The van der Waals surface area contributed by atoms with Gasteiger partial charge in [0.05, 0.1) is 6.10 Å². The van der Waals surface area contributed by atoms with Crippen molar-refractivity contribution in [1.82, 2.24) is 10.2 Å². The van der Waals surface area contributed by atoms with Gasteiger partial charge in [-0.2, -0.15) is 0 Å². The van der Waals surface area contributed by atoms with Gasteiger partial charge in [-0.3, -0.25) is 4.90 Å². The monoisotopic (exact) mass is 286 g/mol. The van der Waals surface area contributed by atoms with Crippen LogP contribution >= 0.6 is 0 Å². The highest BCUT2D eigenvalue weighted by Crippen LogP contribution is 2.10. The van der Waals surface area contributed by atoms with Crippen molar-refractivity contribution in [3.8, 4) is 0 Å². The molecule has 0 aliphatic carbocycles. The zero-order chi connectivity index (χ0) is 15.4. The molecule has 0 fully saturated rings. The fraction of sp³-hybridized carbons (Fsp3) is 1.00. The zero-order valence-corrected chi connectivity index (χ0v) is 14.7. The third kappa shape index (κ3) is 10.6. The molecule has 0 bridgehead atoms. The quantitative estimate of drug-likeness (QED) is 0.524. The van der Waals surface area contributed by atoms with E-state index in [2.05, 4.69) is 51.8 Å². The van der Waals surface area contributed by atoms with Crippen molar-refractivity contribution in [2.45, 2.75) is 73.0 Å². The highest BCUT2D eigenvalue weighted by Gasteiger charge is 2.15. The van der Waals surface area contributed by atoms with Crippen molar-refractivity contribution in [1.29, 1.82) is 0 Å². The summed E-state index contributed by atoms with van der Waals surface area (Å²) >= 11 is 0. The first kappa shape index (κ1) is 19.9. The molecule has 3 nitrogen and oxygen atoms in total. The molecule has 0 saturated carbocycles. The maximum atomic E-state index is 5.54. The number of hydrogen-bond donors (Lipinski definition) is 1. The van der Waals surface area contributed by atoms with Gasteiger partial charge in [-0.1, -0.05) is 27.7 Å². The van der Waals surface area contributed by atoms with Gasteiger partial charge in [-0.05, 0) is 45.6 Å². The Hall–Kier alpha value is -0.120. The van der Waals surface area contributed by atoms with Crippen LogP contribution in [0.5, 0.6) is 0 Å². The minimum Gasteiger partial charge on any atom is -0.379 e. The molecule has 0 aliphatic rings. The lowest BCUT2D eigenvalue weighted by Gasteiger charge is -2.32. The summed E-state index contributed by atoms with van der Waals surface area (Å²) in [6.45, 7) is 18.8. The van der Waals surface area contributed by atoms with E-state index in [1.807, 2.05) is 0 Å². The largest absolute Gasteiger partial charge is 0.379 e. The average Bonchev–Trinajstić information content (AvgIpc) is 2.37. The highest BCUT2D eigenvalue weighted by atomic mass is 16.5. The van der Waals surface area contributed by atoms with E-state index in [1.54, 1.807) is 0 Å². The Morgan fingerprint density at radius 2 is 1.65 bits per heavy atom. The van der Waals surface area contributed by atoms with E-state index >= 15 is 0 Å². The minimum absolute atomic E-state index is 0.353. The van der Waals surface area contributed by atoms with E-state index < -0.39 is 0 Å². The lowest BCUT2D eigenvalue weighted by atomic mass is 10.1. The Labute approximate surface area is 127 Å². The van der Waals surface area contributed by atoms with Crippen LogP contribution in [0, 0.1) is 5.92 Å². The van der Waals surface area contributed by atoms with Crippen molar-refractivity contribution in [3.63, 3.8) is 0 Å². The Balaban J connectivity index is 3.79. The molecule has 0 saturated heterocycles. The van der Waals surface area contributed by atoms with Gasteiger partial charge in [-0.25, -0.2) is 0 Å². The third-order valence-electron chi connectivity index (χ3n) is 3.58. The summed E-state index contributed by atoms with van der Waals surface area (Å²) in [4.78, 5) is 2.66. The summed E-state index contributed by atoms with van der Waals surface area (Å²) in [5, 5.41) is 3.54. The topological polar surface area (TPSA) is 24.5 Å². The molecule has 1 N–H and O–H groups in total. The Kier molecular flexibility index (Phi) is 12.5. The molecule has 20 heavy (non-hydrogen) atoms. The van der Waals surface area contributed by atoms with Crippen LogP contribution in [0.1, 0.15) is 60.8 Å². The van der Waals surface area contributed by atoms with Crippen LogP contribution in [0.15, 0.2) is 0 Å². The smallest absolute Gasteiger partial charge is 0.0518 e. The van der Waals surface area contributed by atoms with Gasteiger partial charge in [0.15, 0.2) is 0 Å². The number of nitrogens with zero attached hydrogens (tertiary/aromatic N) is 1. The van der Waals surface area contributed by atoms with Gasteiger partial charge in [0.25, 0.3) is 0 Å². The second-order valence-electron chi connectivity index (χ2n) is 6.38. The third-order valence-corrected chi connectivity index (χ3v) is 3.58. The second-order valence-corrected chi connectivity index (χ2v) is 6.38. The molecule has 0 aliphatic heterocycles. The molecule has 0 rings (SSSR count). The summed E-state index contributed by atoms with van der Waals surface area (Å²) in [6.07, 6.45) is 3.97. The average molecular weight is 287 g/mol. The maximum absolute atomic E-state index is 5.54. The van der Waals surface area contributed by atoms with Crippen molar-refractivity contribution >= 4 is 0 Å². The zero-order valence-electron chi connectivity index (χ0n) is 14.7. The number of ether oxygens (including phenoxy) is 1. The molecule has 0 radical (unpaired) electrons. The summed E-state index contributed by atoms with van der Waals surface area (Å²) in [7, 11) is 0. The molecule has 0 aromatic carbocycles. The Bertz CT molecular complexity index is 203. The van der Waals surface area contributed by atoms with E-state index in [9.17, 15) is 0 Å². The van der Waals surface area contributed by atoms with Crippen LogP contribution in [0.2, 0.25) is 0 Å². The molecule has 0 amide bonds. The summed E-state index contributed by atoms with van der Waals surface area (Å²) in [5.74, 6) is 0.745. The molecule has 3 heteroatoms. The standard InChI is InChI=1S/C17H38N2O/c1-7-17(8-2)19(14-15(3)4)12-11-18-10-9-13-20-16(5)6/h15-18H,7-14H2,1-6H3. The molecule has 0 spiro atoms. The summed E-state index contributed by atoms with van der Waals surface area (Å²) in [6, 6.07) is 0.739. The van der Waals surface area contributed by atoms with Crippen LogP contribution in [-0.4, -0.2) is 49.8 Å². The summed E-state index contributed by atoms with van der Waals surface area (Å²) in [5.41, 5.74) is 0. The van der Waals surface area contributed by atoms with Crippen molar-refractivity contribution in [2.75, 3.05) is 32.8 Å². The molecule has 122 valence electrons. The maximum Gasteiger partial charge on any atom is 0.0518 e. The van der Waals surface area contributed by atoms with Gasteiger partial charge >= 0.3 is 0 Å². The molecule has 0 unspecified atom stereocenters. The highest BCUT2D eigenvalue weighted by molar-refractivity contribution is 4.71. The van der Waals surface area contributed by atoms with E-state index in [-0.39, 0.29) is 0 Å². The first-order chi connectivity index (χ1) is 9.51. The van der Waals surface area contributed by atoms with Crippen LogP contribution < -0.4 is 5.32 Å². The second kappa shape index (κ2) is 12.6. The number of nitrogens with one attached hydrogen (secondary N) is 1. The minimum atomic E-state index is 0.353. The van der Waals surface area contributed by atoms with Crippen molar-refractivity contribution in [2.24, 2.45) is 5.92 Å². The van der Waals surface area contributed by atoms with Crippen LogP contribution in [0.4, 0.5) is 0 Å². The first-order valence-electron chi connectivity index (χ1n) is 8.57. The molecular weight excluding hydrogens is 248 g/mol. The Morgan fingerprint density at radius 1 is 1.00 bits per heavy atom. The molecule has 0 aromatic rings. The first-order valence-corrected chi connectivity index (χ1v) is 8.57. The normalized spacial score (nSPS) is 12.3. The summed E-state index contributed by atoms with van der Waals surface area (Å²) < 4.78 is 5.54. The molecule has 0 heterocycles. The van der Waals surface area contributed by atoms with E-state index in [1.165, 1.54) is 19.4 Å². The Morgan fingerprint density at radius 3 is 2.15 bits per heavy atom. The lowest BCUT2D eigenvalue weighted by molar-refractivity contribution is 0.0768. The van der Waals surface area contributed by atoms with Crippen LogP contribution in [0.3, 0.4) is 0 Å². The fourth-order valence-electron chi connectivity index (χ4n) is 2.56. The predicted octanol–water partition coefficient (Wildman–Crippen LogP) is 3.54. The van der Waals surface area contributed by atoms with Crippen molar-refractivity contribution < 1.29 is 4.74 Å². The molecule has 0 atom stereocenters. The fourth-order valence-corrected chi connectivity index (χ4v) is 2.56. The number of rotatable bonds is 13.